The Morgan fingerprint density at radius 1 is 1.07 bits per heavy atom. The van der Waals surface area contributed by atoms with Gasteiger partial charge in [-0.25, -0.2) is 13.4 Å². The molecule has 3 aromatic rings. The Morgan fingerprint density at radius 2 is 1.73 bits per heavy atom. The van der Waals surface area contributed by atoms with Crippen LogP contribution in [0.5, 0.6) is 5.75 Å². The van der Waals surface area contributed by atoms with Crippen LogP contribution in [0.15, 0.2) is 58.8 Å². The van der Waals surface area contributed by atoms with Crippen molar-refractivity contribution in [3.8, 4) is 5.75 Å². The van der Waals surface area contributed by atoms with E-state index in [2.05, 4.69) is 22.4 Å². The van der Waals surface area contributed by atoms with Crippen molar-refractivity contribution >= 4 is 26.3 Å². The number of thiazole rings is 1. The molecule has 0 atom stereocenters. The Labute approximate surface area is 182 Å². The zero-order chi connectivity index (χ0) is 21.1. The molecule has 1 aliphatic rings. The van der Waals surface area contributed by atoms with Crippen LogP contribution in [0.2, 0.25) is 0 Å². The van der Waals surface area contributed by atoms with Crippen molar-refractivity contribution < 1.29 is 13.2 Å². The Bertz CT molecular complexity index is 1080. The second kappa shape index (κ2) is 8.78. The molecule has 2 heterocycles. The van der Waals surface area contributed by atoms with E-state index < -0.39 is 9.84 Å². The average Bonchev–Trinajstić information content (AvgIpc) is 3.23. The fourth-order valence-electron chi connectivity index (χ4n) is 3.75. The van der Waals surface area contributed by atoms with Crippen molar-refractivity contribution in [3.05, 3.63) is 70.7 Å². The summed E-state index contributed by atoms with van der Waals surface area (Å²) >= 11 is 1.63. The molecule has 1 aromatic heterocycles. The van der Waals surface area contributed by atoms with E-state index in [-0.39, 0.29) is 5.25 Å². The average molecular weight is 443 g/mol. The third-order valence-corrected chi connectivity index (χ3v) is 8.81. The van der Waals surface area contributed by atoms with Gasteiger partial charge in [0.25, 0.3) is 0 Å². The zero-order valence-corrected chi connectivity index (χ0v) is 18.9. The van der Waals surface area contributed by atoms with Crippen LogP contribution < -0.4 is 9.64 Å². The first-order chi connectivity index (χ1) is 14.5. The van der Waals surface area contributed by atoms with Crippen molar-refractivity contribution in [1.29, 1.82) is 0 Å². The fourth-order valence-corrected chi connectivity index (χ4v) is 6.36. The summed E-state index contributed by atoms with van der Waals surface area (Å²) in [7, 11) is -1.62. The molecule has 2 aromatic carbocycles. The Hall–Kier alpha value is -2.38. The Balaban J connectivity index is 1.38. The molecule has 1 saturated heterocycles. The summed E-state index contributed by atoms with van der Waals surface area (Å²) in [6, 6.07) is 15.2. The number of methoxy groups -OCH3 is 1. The van der Waals surface area contributed by atoms with Crippen molar-refractivity contribution in [1.82, 2.24) is 4.98 Å². The van der Waals surface area contributed by atoms with Gasteiger partial charge >= 0.3 is 0 Å². The molecule has 0 saturated carbocycles. The van der Waals surface area contributed by atoms with Crippen LogP contribution in [0.4, 0.5) is 5.13 Å². The molecule has 1 fully saturated rings. The normalized spacial score (nSPS) is 15.3. The first-order valence-electron chi connectivity index (χ1n) is 10.1. The van der Waals surface area contributed by atoms with Crippen molar-refractivity contribution in [3.63, 3.8) is 0 Å². The number of nitrogens with zero attached hydrogens (tertiary/aromatic N) is 2. The van der Waals surface area contributed by atoms with Crippen molar-refractivity contribution in [2.45, 2.75) is 36.3 Å². The minimum Gasteiger partial charge on any atom is -0.497 e. The number of anilines is 1. The predicted molar refractivity (Wildman–Crippen MR) is 122 cm³/mol. The molecule has 4 rings (SSSR count). The van der Waals surface area contributed by atoms with Crippen molar-refractivity contribution in [2.24, 2.45) is 0 Å². The Kier molecular flexibility index (Phi) is 6.11. The summed E-state index contributed by atoms with van der Waals surface area (Å²) < 4.78 is 31.1. The monoisotopic (exact) mass is 442 g/mol. The zero-order valence-electron chi connectivity index (χ0n) is 17.2. The number of hydrogen-bond donors (Lipinski definition) is 0. The molecule has 0 unspecified atom stereocenters. The van der Waals surface area contributed by atoms with Crippen LogP contribution >= 0.6 is 11.3 Å². The highest BCUT2D eigenvalue weighted by atomic mass is 32.2. The van der Waals surface area contributed by atoms with Gasteiger partial charge in [-0.3, -0.25) is 0 Å². The van der Waals surface area contributed by atoms with Gasteiger partial charge in [0.2, 0.25) is 0 Å². The summed E-state index contributed by atoms with van der Waals surface area (Å²) in [5, 5.41) is 2.74. The standard InChI is InChI=1S/C23H26N2O3S2/c1-17-3-9-21(10-4-17)30(26,27)22-11-13-25(14-12-22)23-24-19(16-29-23)15-18-5-7-20(28-2)8-6-18/h3-10,16,22H,11-15H2,1-2H3. The molecule has 158 valence electrons. The summed E-state index contributed by atoms with van der Waals surface area (Å²) in [5.41, 5.74) is 3.29. The lowest BCUT2D eigenvalue weighted by molar-refractivity contribution is 0.414. The van der Waals surface area contributed by atoms with Crippen LogP contribution in [0.3, 0.4) is 0 Å². The molecule has 5 nitrogen and oxygen atoms in total. The highest BCUT2D eigenvalue weighted by Gasteiger charge is 2.32. The second-order valence-electron chi connectivity index (χ2n) is 7.69. The van der Waals surface area contributed by atoms with Gasteiger partial charge in [0.15, 0.2) is 15.0 Å². The van der Waals surface area contributed by atoms with Crippen LogP contribution in [0.1, 0.15) is 29.7 Å². The van der Waals surface area contributed by atoms with Gasteiger partial charge in [-0.1, -0.05) is 29.8 Å². The van der Waals surface area contributed by atoms with Gasteiger partial charge in [-0.05, 0) is 49.6 Å². The van der Waals surface area contributed by atoms with Crippen LogP contribution in [0.25, 0.3) is 0 Å². The van der Waals surface area contributed by atoms with Gasteiger partial charge in [0.05, 0.1) is 22.9 Å². The molecule has 0 aliphatic carbocycles. The maximum atomic E-state index is 13.0. The van der Waals surface area contributed by atoms with E-state index in [1.54, 1.807) is 30.6 Å². The highest BCUT2D eigenvalue weighted by molar-refractivity contribution is 7.92. The molecule has 0 bridgehead atoms. The lowest BCUT2D eigenvalue weighted by Crippen LogP contribution is -2.39. The van der Waals surface area contributed by atoms with Gasteiger partial charge in [0, 0.05) is 24.9 Å². The van der Waals surface area contributed by atoms with E-state index in [1.165, 1.54) is 5.56 Å². The van der Waals surface area contributed by atoms with E-state index in [4.69, 9.17) is 9.72 Å². The summed E-state index contributed by atoms with van der Waals surface area (Å²) in [5.74, 6) is 0.848. The van der Waals surface area contributed by atoms with Crippen LogP contribution in [-0.4, -0.2) is 38.9 Å². The van der Waals surface area contributed by atoms with Gasteiger partial charge in [-0.2, -0.15) is 0 Å². The molecule has 7 heteroatoms. The lowest BCUT2D eigenvalue weighted by atomic mass is 10.1. The molecule has 0 amide bonds. The first-order valence-corrected chi connectivity index (χ1v) is 12.5. The molecule has 0 N–H and O–H groups in total. The largest absolute Gasteiger partial charge is 0.497 e. The minimum atomic E-state index is -3.28. The number of rotatable bonds is 6. The fraction of sp³-hybridized carbons (Fsp3) is 0.348. The van der Waals surface area contributed by atoms with E-state index in [0.29, 0.717) is 30.8 Å². The van der Waals surface area contributed by atoms with E-state index in [1.807, 2.05) is 31.2 Å². The lowest BCUT2D eigenvalue weighted by Gasteiger charge is -2.31. The number of piperidine rings is 1. The summed E-state index contributed by atoms with van der Waals surface area (Å²) in [6.07, 6.45) is 2.03. The molecule has 0 spiro atoms. The summed E-state index contributed by atoms with van der Waals surface area (Å²) in [4.78, 5) is 7.44. The molecular formula is C23H26N2O3S2. The predicted octanol–water partition coefficient (Wildman–Crippen LogP) is 4.49. The quantitative estimate of drug-likeness (QED) is 0.563. The topological polar surface area (TPSA) is 59.5 Å². The number of ether oxygens (including phenoxy) is 1. The van der Waals surface area contributed by atoms with Crippen LogP contribution in [-0.2, 0) is 16.3 Å². The van der Waals surface area contributed by atoms with Gasteiger partial charge < -0.3 is 9.64 Å². The maximum Gasteiger partial charge on any atom is 0.185 e. The second-order valence-corrected chi connectivity index (χ2v) is 10.8. The van der Waals surface area contributed by atoms with Crippen molar-refractivity contribution in [2.75, 3.05) is 25.1 Å². The molecule has 30 heavy (non-hydrogen) atoms. The van der Waals surface area contributed by atoms with E-state index >= 15 is 0 Å². The SMILES string of the molecule is COc1ccc(Cc2csc(N3CCC(S(=O)(=O)c4ccc(C)cc4)CC3)n2)cc1. The minimum absolute atomic E-state index is 0.324. The number of aryl methyl sites for hydroxylation is 1. The van der Waals surface area contributed by atoms with Gasteiger partial charge in [0.1, 0.15) is 5.75 Å². The Morgan fingerprint density at radius 3 is 2.37 bits per heavy atom. The maximum absolute atomic E-state index is 13.0. The smallest absolute Gasteiger partial charge is 0.185 e. The number of sulfone groups is 1. The van der Waals surface area contributed by atoms with Gasteiger partial charge in [-0.15, -0.1) is 11.3 Å². The van der Waals surface area contributed by atoms with E-state index in [9.17, 15) is 8.42 Å². The third kappa shape index (κ3) is 4.52. The molecule has 0 radical (unpaired) electrons. The number of benzene rings is 2. The number of hydrogen-bond acceptors (Lipinski definition) is 6. The summed E-state index contributed by atoms with van der Waals surface area (Å²) in [6.45, 7) is 3.39. The molecular weight excluding hydrogens is 416 g/mol. The van der Waals surface area contributed by atoms with E-state index in [0.717, 1.165) is 28.6 Å². The first kappa shape index (κ1) is 20.9. The third-order valence-electron chi connectivity index (χ3n) is 5.58. The molecule has 1 aliphatic heterocycles. The van der Waals surface area contributed by atoms with Crippen LogP contribution in [0, 0.1) is 6.92 Å². The number of aromatic nitrogens is 1. The highest BCUT2D eigenvalue weighted by Crippen LogP contribution is 2.29.